The van der Waals surface area contributed by atoms with Gasteiger partial charge in [-0.2, -0.15) is 0 Å². The van der Waals surface area contributed by atoms with Crippen LogP contribution in [-0.2, 0) is 5.41 Å². The second-order valence-corrected chi connectivity index (χ2v) is 17.1. The van der Waals surface area contributed by atoms with Crippen LogP contribution in [0.2, 0.25) is 0 Å². The molecule has 1 aromatic heterocycles. The molecule has 4 nitrogen and oxygen atoms in total. The van der Waals surface area contributed by atoms with E-state index in [-0.39, 0.29) is 0 Å². The summed E-state index contributed by atoms with van der Waals surface area (Å²) in [5.41, 5.74) is 15.1. The normalized spacial score (nSPS) is 13.5. The van der Waals surface area contributed by atoms with Crippen LogP contribution in [0.3, 0.4) is 0 Å². The second kappa shape index (κ2) is 13.6. The van der Waals surface area contributed by atoms with Gasteiger partial charge in [0.15, 0.2) is 5.82 Å². The summed E-state index contributed by atoms with van der Waals surface area (Å²) in [6, 6.07) is 73.1. The SMILES string of the molecule is c1cc(-c2ccc3c(c2)Sc2ccccc2O3)cc(-c2nc(-c3ccc(-c4cccc5c4C4(c6ccccc6Oc6ccccc64)c4ccccc4-5)cc3)nc3ccccc23)c1. The first-order chi connectivity index (χ1) is 30.7. The summed E-state index contributed by atoms with van der Waals surface area (Å²) in [6.45, 7) is 0. The maximum absolute atomic E-state index is 6.62. The molecule has 1 aliphatic carbocycles. The first-order valence-corrected chi connectivity index (χ1v) is 21.7. The third-order valence-corrected chi connectivity index (χ3v) is 13.7. The number of ether oxygens (including phenoxy) is 2. The van der Waals surface area contributed by atoms with Crippen molar-refractivity contribution >= 4 is 22.7 Å². The molecule has 5 heteroatoms. The molecule has 0 fully saturated rings. The summed E-state index contributed by atoms with van der Waals surface area (Å²) >= 11 is 1.75. The maximum atomic E-state index is 6.62. The zero-order valence-electron chi connectivity index (χ0n) is 33.2. The maximum Gasteiger partial charge on any atom is 0.160 e. The van der Waals surface area contributed by atoms with Gasteiger partial charge in [-0.05, 0) is 93.0 Å². The van der Waals surface area contributed by atoms with Crippen molar-refractivity contribution in [2.45, 2.75) is 15.2 Å². The largest absolute Gasteiger partial charge is 0.457 e. The summed E-state index contributed by atoms with van der Waals surface area (Å²) < 4.78 is 12.9. The van der Waals surface area contributed by atoms with Crippen LogP contribution in [-0.4, -0.2) is 9.97 Å². The fourth-order valence-electron chi connectivity index (χ4n) is 9.93. The highest BCUT2D eigenvalue weighted by Crippen LogP contribution is 2.63. The van der Waals surface area contributed by atoms with Crippen LogP contribution in [0.1, 0.15) is 22.3 Å². The minimum absolute atomic E-state index is 0.561. The van der Waals surface area contributed by atoms with Crippen molar-refractivity contribution in [1.29, 1.82) is 0 Å². The standard InChI is InChI=1S/C57H34N2O2S/c1-3-19-44-41(15-1)42-18-12-17-40(54(42)57(44)45-20-4-7-23-48(45)60-49-24-8-5-21-46(49)57)35-27-29-36(30-28-35)56-58-47-22-6-2-16-43(47)55(59-56)39-14-11-13-37(33-39)38-31-32-51-53(34-38)62-52-26-10-9-25-50(52)61-51/h1-34H. The van der Waals surface area contributed by atoms with Gasteiger partial charge in [0.2, 0.25) is 0 Å². The Balaban J connectivity index is 0.913. The van der Waals surface area contributed by atoms with Gasteiger partial charge in [0.25, 0.3) is 0 Å². The van der Waals surface area contributed by atoms with Crippen LogP contribution in [0.15, 0.2) is 216 Å². The average molecular weight is 811 g/mol. The lowest BCUT2D eigenvalue weighted by Crippen LogP contribution is -2.32. The van der Waals surface area contributed by atoms with Crippen molar-refractivity contribution < 1.29 is 9.47 Å². The summed E-state index contributed by atoms with van der Waals surface area (Å²) in [5.74, 6) is 4.24. The Bertz CT molecular complexity index is 3420. The lowest BCUT2D eigenvalue weighted by Gasteiger charge is -2.40. The lowest BCUT2D eigenvalue weighted by atomic mass is 9.64. The van der Waals surface area contributed by atoms with E-state index in [1.54, 1.807) is 11.8 Å². The van der Waals surface area contributed by atoms with Gasteiger partial charge in [-0.15, -0.1) is 0 Å². The van der Waals surface area contributed by atoms with Crippen molar-refractivity contribution in [1.82, 2.24) is 9.97 Å². The number of rotatable bonds is 4. The fraction of sp³-hybridized carbons (Fsp3) is 0.0175. The highest BCUT2D eigenvalue weighted by molar-refractivity contribution is 7.99. The molecule has 13 rings (SSSR count). The summed E-state index contributed by atoms with van der Waals surface area (Å²) in [4.78, 5) is 12.7. The zero-order valence-corrected chi connectivity index (χ0v) is 34.1. The number of benzene rings is 9. The molecule has 3 aliphatic rings. The molecule has 0 N–H and O–H groups in total. The van der Waals surface area contributed by atoms with Crippen molar-refractivity contribution in [3.05, 3.63) is 229 Å². The van der Waals surface area contributed by atoms with Crippen LogP contribution in [0.4, 0.5) is 0 Å². The van der Waals surface area contributed by atoms with Gasteiger partial charge < -0.3 is 9.47 Å². The van der Waals surface area contributed by atoms with E-state index < -0.39 is 5.41 Å². The van der Waals surface area contributed by atoms with Crippen molar-refractivity contribution in [3.63, 3.8) is 0 Å². The highest BCUT2D eigenvalue weighted by Gasteiger charge is 2.52. The lowest BCUT2D eigenvalue weighted by molar-refractivity contribution is 0.436. The van der Waals surface area contributed by atoms with E-state index in [0.29, 0.717) is 5.82 Å². The van der Waals surface area contributed by atoms with E-state index in [4.69, 9.17) is 19.4 Å². The van der Waals surface area contributed by atoms with Gasteiger partial charge in [-0.1, -0.05) is 169 Å². The Kier molecular flexibility index (Phi) is 7.72. The second-order valence-electron chi connectivity index (χ2n) is 16.0. The fourth-order valence-corrected chi connectivity index (χ4v) is 10.9. The molecule has 0 radical (unpaired) electrons. The molecule has 9 aromatic carbocycles. The van der Waals surface area contributed by atoms with Gasteiger partial charge in [-0.25, -0.2) is 9.97 Å². The Labute approximate surface area is 363 Å². The third kappa shape index (κ3) is 5.22. The first-order valence-electron chi connectivity index (χ1n) is 20.9. The third-order valence-electron chi connectivity index (χ3n) is 12.6. The Hall–Kier alpha value is -7.73. The molecule has 0 amide bonds. The number of fused-ring (bicyclic) bond motifs is 12. The Morgan fingerprint density at radius 1 is 0.371 bits per heavy atom. The molecule has 0 unspecified atom stereocenters. The quantitative estimate of drug-likeness (QED) is 0.177. The number of nitrogens with zero attached hydrogens (tertiary/aromatic N) is 2. The monoisotopic (exact) mass is 810 g/mol. The molecule has 0 saturated heterocycles. The van der Waals surface area contributed by atoms with Crippen LogP contribution in [0.5, 0.6) is 23.0 Å². The minimum atomic E-state index is -0.561. The molecule has 10 aromatic rings. The smallest absolute Gasteiger partial charge is 0.160 e. The molecular formula is C57H34N2O2S. The van der Waals surface area contributed by atoms with Crippen LogP contribution in [0, 0.1) is 0 Å². The van der Waals surface area contributed by atoms with E-state index >= 15 is 0 Å². The van der Waals surface area contributed by atoms with Gasteiger partial charge in [-0.3, -0.25) is 0 Å². The van der Waals surface area contributed by atoms with E-state index in [1.807, 2.05) is 18.2 Å². The number of para-hydroxylation sites is 4. The van der Waals surface area contributed by atoms with Gasteiger partial charge in [0, 0.05) is 27.6 Å². The topological polar surface area (TPSA) is 44.2 Å². The molecule has 2 aliphatic heterocycles. The molecule has 0 saturated carbocycles. The van der Waals surface area contributed by atoms with Crippen LogP contribution in [0.25, 0.3) is 66.9 Å². The Morgan fingerprint density at radius 3 is 1.79 bits per heavy atom. The molecular weight excluding hydrogens is 777 g/mol. The minimum Gasteiger partial charge on any atom is -0.457 e. The average Bonchev–Trinajstić information content (AvgIpc) is 3.63. The molecule has 62 heavy (non-hydrogen) atoms. The summed E-state index contributed by atoms with van der Waals surface area (Å²) in [6.07, 6.45) is 0. The van der Waals surface area contributed by atoms with Crippen molar-refractivity contribution in [2.75, 3.05) is 0 Å². The molecule has 3 heterocycles. The van der Waals surface area contributed by atoms with E-state index in [0.717, 1.165) is 88.3 Å². The van der Waals surface area contributed by atoms with Crippen LogP contribution < -0.4 is 9.47 Å². The van der Waals surface area contributed by atoms with Gasteiger partial charge >= 0.3 is 0 Å². The van der Waals surface area contributed by atoms with E-state index in [1.165, 1.54) is 27.8 Å². The summed E-state index contributed by atoms with van der Waals surface area (Å²) in [7, 11) is 0. The predicted octanol–water partition coefficient (Wildman–Crippen LogP) is 15.0. The van der Waals surface area contributed by atoms with Crippen molar-refractivity contribution in [2.24, 2.45) is 0 Å². The van der Waals surface area contributed by atoms with E-state index in [9.17, 15) is 0 Å². The summed E-state index contributed by atoms with van der Waals surface area (Å²) in [5, 5.41) is 1.01. The first kappa shape index (κ1) is 35.1. The molecule has 0 atom stereocenters. The molecule has 290 valence electrons. The number of hydrogen-bond donors (Lipinski definition) is 0. The number of hydrogen-bond acceptors (Lipinski definition) is 5. The predicted molar refractivity (Wildman–Crippen MR) is 249 cm³/mol. The van der Waals surface area contributed by atoms with Crippen LogP contribution >= 0.6 is 11.8 Å². The van der Waals surface area contributed by atoms with E-state index in [2.05, 4.69) is 188 Å². The van der Waals surface area contributed by atoms with Crippen molar-refractivity contribution in [3.8, 4) is 79.0 Å². The number of aromatic nitrogens is 2. The highest BCUT2D eigenvalue weighted by atomic mass is 32.2. The van der Waals surface area contributed by atoms with Gasteiger partial charge in [0.1, 0.15) is 23.0 Å². The zero-order chi connectivity index (χ0) is 40.8. The van der Waals surface area contributed by atoms with Gasteiger partial charge in [0.05, 0.1) is 26.4 Å². The molecule has 1 spiro atoms. The molecule has 0 bridgehead atoms. The Morgan fingerprint density at radius 2 is 0.952 bits per heavy atom.